The van der Waals surface area contributed by atoms with Crippen molar-refractivity contribution in [1.82, 2.24) is 4.98 Å². The number of esters is 1. The zero-order valence-electron chi connectivity index (χ0n) is 14.9. The number of aromatic nitrogens is 1. The lowest BCUT2D eigenvalue weighted by molar-refractivity contribution is -0.152. The number of nitrogens with one attached hydrogen (secondary N) is 1. The molecule has 0 aliphatic heterocycles. The van der Waals surface area contributed by atoms with Crippen LogP contribution in [-0.2, 0) is 9.53 Å². The highest BCUT2D eigenvalue weighted by Crippen LogP contribution is 2.24. The van der Waals surface area contributed by atoms with Gasteiger partial charge in [-0.15, -0.1) is 0 Å². The van der Waals surface area contributed by atoms with Crippen LogP contribution in [-0.4, -0.2) is 30.5 Å². The van der Waals surface area contributed by atoms with E-state index in [2.05, 4.69) is 4.98 Å². The normalized spacial score (nSPS) is 11.0. The lowest BCUT2D eigenvalue weighted by Gasteiger charge is -2.21. The minimum Gasteiger partial charge on any atom is -0.492 e. The molecule has 0 aliphatic carbocycles. The molecular formula is C19H23N3O3. The summed E-state index contributed by atoms with van der Waals surface area (Å²) in [4.78, 5) is 16.0. The van der Waals surface area contributed by atoms with E-state index >= 15 is 0 Å². The predicted molar refractivity (Wildman–Crippen MR) is 96.7 cm³/mol. The van der Waals surface area contributed by atoms with Crippen LogP contribution in [0.4, 0.5) is 0 Å². The quantitative estimate of drug-likeness (QED) is 0.478. The van der Waals surface area contributed by atoms with Gasteiger partial charge in [0.05, 0.1) is 18.2 Å². The van der Waals surface area contributed by atoms with E-state index < -0.39 is 5.41 Å². The number of hydrogen-bond donors (Lipinski definition) is 2. The monoisotopic (exact) mass is 341 g/mol. The Labute approximate surface area is 147 Å². The van der Waals surface area contributed by atoms with E-state index in [1.807, 2.05) is 37.3 Å². The summed E-state index contributed by atoms with van der Waals surface area (Å²) >= 11 is 0. The molecular weight excluding hydrogens is 318 g/mol. The minimum absolute atomic E-state index is 0.00789. The number of nitrogen functional groups attached to an aromatic ring is 1. The van der Waals surface area contributed by atoms with Crippen LogP contribution >= 0.6 is 0 Å². The number of nitrogens with two attached hydrogens (primary N) is 1. The van der Waals surface area contributed by atoms with Crippen LogP contribution in [0.25, 0.3) is 11.3 Å². The van der Waals surface area contributed by atoms with Gasteiger partial charge in [-0.3, -0.25) is 15.2 Å². The molecule has 0 fully saturated rings. The van der Waals surface area contributed by atoms with Crippen LogP contribution in [0.2, 0.25) is 0 Å². The van der Waals surface area contributed by atoms with Gasteiger partial charge in [-0.05, 0) is 56.7 Å². The first-order chi connectivity index (χ1) is 11.7. The third-order valence-electron chi connectivity index (χ3n) is 3.89. The van der Waals surface area contributed by atoms with Crippen molar-refractivity contribution >= 4 is 11.8 Å². The fraction of sp³-hybridized carbons (Fsp3) is 0.316. The van der Waals surface area contributed by atoms with Crippen LogP contribution in [0, 0.1) is 17.7 Å². The highest BCUT2D eigenvalue weighted by Gasteiger charge is 2.29. The molecule has 0 saturated carbocycles. The van der Waals surface area contributed by atoms with E-state index in [9.17, 15) is 4.79 Å². The Morgan fingerprint density at radius 3 is 2.44 bits per heavy atom. The zero-order valence-corrected chi connectivity index (χ0v) is 14.9. The van der Waals surface area contributed by atoms with E-state index in [4.69, 9.17) is 20.6 Å². The SMILES string of the molecule is COC(=O)C(C)(C)COc1ccc(-c2cc(C)c(C(=N)N)cn2)cc1. The molecule has 6 heteroatoms. The van der Waals surface area contributed by atoms with Gasteiger partial charge in [0, 0.05) is 17.3 Å². The summed E-state index contributed by atoms with van der Waals surface area (Å²) in [5, 5.41) is 7.51. The smallest absolute Gasteiger partial charge is 0.314 e. The Morgan fingerprint density at radius 1 is 1.28 bits per heavy atom. The molecule has 3 N–H and O–H groups in total. The van der Waals surface area contributed by atoms with Gasteiger partial charge < -0.3 is 15.2 Å². The Kier molecular flexibility index (Phi) is 5.41. The number of amidine groups is 1. The number of carbonyl (C=O) groups excluding carboxylic acids is 1. The molecule has 0 amide bonds. The molecule has 1 aromatic heterocycles. The molecule has 132 valence electrons. The summed E-state index contributed by atoms with van der Waals surface area (Å²) in [5.74, 6) is 0.362. The van der Waals surface area contributed by atoms with Crippen molar-refractivity contribution in [2.45, 2.75) is 20.8 Å². The Morgan fingerprint density at radius 2 is 1.92 bits per heavy atom. The highest BCUT2D eigenvalue weighted by molar-refractivity contribution is 5.96. The van der Waals surface area contributed by atoms with Crippen LogP contribution < -0.4 is 10.5 Å². The third kappa shape index (κ3) is 4.35. The van der Waals surface area contributed by atoms with Gasteiger partial charge in [0.2, 0.25) is 0 Å². The number of hydrogen-bond acceptors (Lipinski definition) is 5. The maximum absolute atomic E-state index is 11.7. The van der Waals surface area contributed by atoms with Crippen molar-refractivity contribution in [3.63, 3.8) is 0 Å². The van der Waals surface area contributed by atoms with Crippen molar-refractivity contribution in [3.05, 3.63) is 47.7 Å². The molecule has 2 aromatic rings. The van der Waals surface area contributed by atoms with E-state index in [1.54, 1.807) is 20.0 Å². The summed E-state index contributed by atoms with van der Waals surface area (Å²) in [7, 11) is 1.37. The summed E-state index contributed by atoms with van der Waals surface area (Å²) < 4.78 is 10.5. The van der Waals surface area contributed by atoms with Crippen molar-refractivity contribution in [2.24, 2.45) is 11.1 Å². The Hall–Kier alpha value is -2.89. The molecule has 0 spiro atoms. The van der Waals surface area contributed by atoms with Gasteiger partial charge in [-0.25, -0.2) is 0 Å². The highest BCUT2D eigenvalue weighted by atomic mass is 16.5. The summed E-state index contributed by atoms with van der Waals surface area (Å²) in [6, 6.07) is 9.36. The minimum atomic E-state index is -0.714. The van der Waals surface area contributed by atoms with E-state index in [0.29, 0.717) is 11.3 Å². The number of carbonyl (C=O) groups is 1. The van der Waals surface area contributed by atoms with Crippen LogP contribution in [0.15, 0.2) is 36.5 Å². The topological polar surface area (TPSA) is 98.3 Å². The number of nitrogens with zero attached hydrogens (tertiary/aromatic N) is 1. The molecule has 0 saturated heterocycles. The molecule has 25 heavy (non-hydrogen) atoms. The van der Waals surface area contributed by atoms with Gasteiger partial charge in [-0.2, -0.15) is 0 Å². The van der Waals surface area contributed by atoms with Crippen LogP contribution in [0.1, 0.15) is 25.0 Å². The van der Waals surface area contributed by atoms with Gasteiger partial charge in [0.1, 0.15) is 18.2 Å². The van der Waals surface area contributed by atoms with Gasteiger partial charge >= 0.3 is 5.97 Å². The average molecular weight is 341 g/mol. The molecule has 0 unspecified atom stereocenters. The second kappa shape index (κ2) is 7.34. The molecule has 2 rings (SSSR count). The maximum Gasteiger partial charge on any atom is 0.314 e. The second-order valence-corrected chi connectivity index (χ2v) is 6.49. The van der Waals surface area contributed by atoms with E-state index in [1.165, 1.54) is 7.11 Å². The lowest BCUT2D eigenvalue weighted by atomic mass is 9.95. The van der Waals surface area contributed by atoms with Crippen molar-refractivity contribution < 1.29 is 14.3 Å². The second-order valence-electron chi connectivity index (χ2n) is 6.49. The van der Waals surface area contributed by atoms with Crippen molar-refractivity contribution in [2.75, 3.05) is 13.7 Å². The number of methoxy groups -OCH3 is 1. The molecule has 0 radical (unpaired) electrons. The molecule has 0 aliphatic rings. The first-order valence-corrected chi connectivity index (χ1v) is 7.87. The number of pyridine rings is 1. The first kappa shape index (κ1) is 18.4. The third-order valence-corrected chi connectivity index (χ3v) is 3.89. The molecule has 1 heterocycles. The predicted octanol–water partition coefficient (Wildman–Crippen LogP) is 2.92. The molecule has 6 nitrogen and oxygen atoms in total. The molecule has 1 aromatic carbocycles. The fourth-order valence-corrected chi connectivity index (χ4v) is 2.32. The van der Waals surface area contributed by atoms with E-state index in [0.717, 1.165) is 16.8 Å². The van der Waals surface area contributed by atoms with Gasteiger partial charge in [0.15, 0.2) is 0 Å². The maximum atomic E-state index is 11.7. The number of rotatable bonds is 6. The van der Waals surface area contributed by atoms with Crippen molar-refractivity contribution in [1.29, 1.82) is 5.41 Å². The standard InChI is InChI=1S/C19H23N3O3/c1-12-9-16(22-10-15(12)17(20)21)13-5-7-14(8-6-13)25-11-19(2,3)18(23)24-4/h5-10H,11H2,1-4H3,(H3,20,21). The zero-order chi connectivity index (χ0) is 18.6. The summed E-state index contributed by atoms with van der Waals surface area (Å²) in [6.45, 7) is 5.67. The lowest BCUT2D eigenvalue weighted by Crippen LogP contribution is -2.32. The Balaban J connectivity index is 2.11. The van der Waals surface area contributed by atoms with Gasteiger partial charge in [0.25, 0.3) is 0 Å². The van der Waals surface area contributed by atoms with Crippen molar-refractivity contribution in [3.8, 4) is 17.0 Å². The molecule has 0 bridgehead atoms. The number of benzene rings is 1. The molecule has 0 atom stereocenters. The largest absolute Gasteiger partial charge is 0.492 e. The van der Waals surface area contributed by atoms with Crippen LogP contribution in [0.3, 0.4) is 0 Å². The first-order valence-electron chi connectivity index (χ1n) is 7.87. The Bertz CT molecular complexity index is 783. The summed E-state index contributed by atoms with van der Waals surface area (Å²) in [6.07, 6.45) is 1.61. The van der Waals surface area contributed by atoms with Gasteiger partial charge in [-0.1, -0.05) is 0 Å². The number of aryl methyl sites for hydroxylation is 1. The fourth-order valence-electron chi connectivity index (χ4n) is 2.32. The summed E-state index contributed by atoms with van der Waals surface area (Å²) in [5.41, 5.74) is 8.06. The van der Waals surface area contributed by atoms with Crippen LogP contribution in [0.5, 0.6) is 5.75 Å². The average Bonchev–Trinajstić information content (AvgIpc) is 2.59. The number of ether oxygens (including phenoxy) is 2. The van der Waals surface area contributed by atoms with E-state index in [-0.39, 0.29) is 18.4 Å².